The van der Waals surface area contributed by atoms with E-state index in [1.165, 1.54) is 0 Å². The van der Waals surface area contributed by atoms with Crippen LogP contribution in [-0.4, -0.2) is 18.9 Å². The van der Waals surface area contributed by atoms with Crippen LogP contribution in [0.5, 0.6) is 0 Å². The number of benzene rings is 2. The molecule has 2 aromatic rings. The highest BCUT2D eigenvalue weighted by atomic mass is 16.2. The maximum Gasteiger partial charge on any atom is 0.259 e. The molecule has 0 saturated heterocycles. The minimum absolute atomic E-state index is 0.316. The predicted molar refractivity (Wildman–Crippen MR) is 70.0 cm³/mol. The first-order valence-electron chi connectivity index (χ1n) is 5.73. The van der Waals surface area contributed by atoms with Crippen LogP contribution in [0, 0.1) is 6.92 Å². The summed E-state index contributed by atoms with van der Waals surface area (Å²) in [5, 5.41) is 7.12. The maximum absolute atomic E-state index is 12.0. The SMILES string of the molecule is CNc1cc(C)c2c3c(cccc13)C(=O)NC2=O. The Morgan fingerprint density at radius 1 is 1.17 bits per heavy atom. The molecule has 2 amide bonds. The molecule has 3 rings (SSSR count). The summed E-state index contributed by atoms with van der Waals surface area (Å²) in [6, 6.07) is 7.41. The summed E-state index contributed by atoms with van der Waals surface area (Å²) in [7, 11) is 1.83. The van der Waals surface area contributed by atoms with Crippen molar-refractivity contribution in [3.63, 3.8) is 0 Å². The largest absolute Gasteiger partial charge is 0.388 e. The lowest BCUT2D eigenvalue weighted by Crippen LogP contribution is -2.35. The Morgan fingerprint density at radius 3 is 2.67 bits per heavy atom. The fraction of sp³-hybridized carbons (Fsp3) is 0.143. The van der Waals surface area contributed by atoms with E-state index in [4.69, 9.17) is 0 Å². The number of nitrogens with one attached hydrogen (secondary N) is 2. The maximum atomic E-state index is 12.0. The smallest absolute Gasteiger partial charge is 0.259 e. The molecule has 90 valence electrons. The first-order chi connectivity index (χ1) is 8.63. The van der Waals surface area contributed by atoms with E-state index in [0.717, 1.165) is 22.0 Å². The van der Waals surface area contributed by atoms with Gasteiger partial charge in [-0.1, -0.05) is 12.1 Å². The molecular formula is C14H12N2O2. The lowest BCUT2D eigenvalue weighted by atomic mass is 9.91. The second kappa shape index (κ2) is 3.57. The van der Waals surface area contributed by atoms with E-state index in [0.29, 0.717) is 11.1 Å². The number of carbonyl (C=O) groups is 2. The van der Waals surface area contributed by atoms with Crippen molar-refractivity contribution in [3.8, 4) is 0 Å². The summed E-state index contributed by atoms with van der Waals surface area (Å²) in [5.74, 6) is -0.644. The van der Waals surface area contributed by atoms with E-state index < -0.39 is 0 Å². The Bertz CT molecular complexity index is 704. The van der Waals surface area contributed by atoms with Crippen LogP contribution in [0.4, 0.5) is 5.69 Å². The molecule has 0 bridgehead atoms. The van der Waals surface area contributed by atoms with Gasteiger partial charge in [0.05, 0.1) is 5.56 Å². The van der Waals surface area contributed by atoms with E-state index >= 15 is 0 Å². The highest BCUT2D eigenvalue weighted by molar-refractivity contribution is 6.27. The molecule has 2 N–H and O–H groups in total. The van der Waals surface area contributed by atoms with Crippen molar-refractivity contribution in [2.75, 3.05) is 12.4 Å². The number of hydrogen-bond acceptors (Lipinski definition) is 3. The molecule has 0 fully saturated rings. The third-order valence-electron chi connectivity index (χ3n) is 3.33. The molecule has 0 atom stereocenters. The fourth-order valence-corrected chi connectivity index (χ4v) is 2.53. The number of amides is 2. The van der Waals surface area contributed by atoms with Gasteiger partial charge in [0, 0.05) is 29.1 Å². The number of rotatable bonds is 1. The number of aryl methyl sites for hydroxylation is 1. The average molecular weight is 240 g/mol. The van der Waals surface area contributed by atoms with Gasteiger partial charge in [0.15, 0.2) is 0 Å². The van der Waals surface area contributed by atoms with Crippen LogP contribution in [0.3, 0.4) is 0 Å². The summed E-state index contributed by atoms with van der Waals surface area (Å²) in [6.07, 6.45) is 0. The standard InChI is InChI=1S/C14H12N2O2/c1-7-6-10(15-2)8-4-3-5-9-12(8)11(7)14(18)16-13(9)17/h3-6,15H,1-2H3,(H,16,17,18). The van der Waals surface area contributed by atoms with Crippen LogP contribution in [0.1, 0.15) is 26.3 Å². The molecule has 1 heterocycles. The molecule has 1 aliphatic rings. The summed E-state index contributed by atoms with van der Waals surface area (Å²) < 4.78 is 0. The van der Waals surface area contributed by atoms with Crippen LogP contribution in [0.15, 0.2) is 24.3 Å². The molecule has 0 aliphatic carbocycles. The van der Waals surface area contributed by atoms with Gasteiger partial charge in [-0.3, -0.25) is 14.9 Å². The molecular weight excluding hydrogens is 228 g/mol. The molecule has 0 spiro atoms. The highest BCUT2D eigenvalue weighted by Crippen LogP contribution is 2.33. The van der Waals surface area contributed by atoms with Crippen molar-refractivity contribution in [2.45, 2.75) is 6.92 Å². The van der Waals surface area contributed by atoms with Crippen molar-refractivity contribution < 1.29 is 9.59 Å². The topological polar surface area (TPSA) is 58.2 Å². The molecule has 4 heteroatoms. The monoisotopic (exact) mass is 240 g/mol. The van der Waals surface area contributed by atoms with Gasteiger partial charge in [0.2, 0.25) is 0 Å². The van der Waals surface area contributed by atoms with E-state index in [1.807, 2.05) is 32.2 Å². The van der Waals surface area contributed by atoms with Crippen LogP contribution in [0.2, 0.25) is 0 Å². The van der Waals surface area contributed by atoms with Crippen molar-refractivity contribution in [2.24, 2.45) is 0 Å². The third-order valence-corrected chi connectivity index (χ3v) is 3.33. The molecule has 2 aromatic carbocycles. The molecule has 18 heavy (non-hydrogen) atoms. The quantitative estimate of drug-likeness (QED) is 0.750. The Balaban J connectivity index is 2.57. The second-order valence-corrected chi connectivity index (χ2v) is 4.38. The van der Waals surface area contributed by atoms with Gasteiger partial charge in [-0.05, 0) is 24.6 Å². The zero-order valence-corrected chi connectivity index (χ0v) is 10.1. The number of hydrogen-bond donors (Lipinski definition) is 2. The predicted octanol–water partition coefficient (Wildman–Crippen LogP) is 2.07. The van der Waals surface area contributed by atoms with Gasteiger partial charge in [0.25, 0.3) is 11.8 Å². The van der Waals surface area contributed by atoms with Gasteiger partial charge >= 0.3 is 0 Å². The number of carbonyl (C=O) groups excluding carboxylic acids is 2. The fourth-order valence-electron chi connectivity index (χ4n) is 2.53. The normalized spacial score (nSPS) is 13.7. The number of imide groups is 1. The van der Waals surface area contributed by atoms with E-state index in [9.17, 15) is 9.59 Å². The van der Waals surface area contributed by atoms with Gasteiger partial charge in [0.1, 0.15) is 0 Å². The Morgan fingerprint density at radius 2 is 1.94 bits per heavy atom. The van der Waals surface area contributed by atoms with E-state index in [2.05, 4.69) is 10.6 Å². The zero-order chi connectivity index (χ0) is 12.9. The summed E-state index contributed by atoms with van der Waals surface area (Å²) in [4.78, 5) is 23.8. The van der Waals surface area contributed by atoms with Crippen LogP contribution in [0.25, 0.3) is 10.8 Å². The van der Waals surface area contributed by atoms with Gasteiger partial charge in [-0.15, -0.1) is 0 Å². The molecule has 1 aliphatic heterocycles. The van der Waals surface area contributed by atoms with E-state index in [1.54, 1.807) is 6.07 Å². The lowest BCUT2D eigenvalue weighted by Gasteiger charge is -2.20. The zero-order valence-electron chi connectivity index (χ0n) is 10.1. The van der Waals surface area contributed by atoms with E-state index in [-0.39, 0.29) is 11.8 Å². The van der Waals surface area contributed by atoms with Crippen molar-refractivity contribution in [3.05, 3.63) is 41.0 Å². The highest BCUT2D eigenvalue weighted by Gasteiger charge is 2.27. The Labute approximate surface area is 104 Å². The average Bonchev–Trinajstić information content (AvgIpc) is 2.35. The van der Waals surface area contributed by atoms with Gasteiger partial charge in [-0.25, -0.2) is 0 Å². The van der Waals surface area contributed by atoms with Crippen LogP contribution < -0.4 is 10.6 Å². The second-order valence-electron chi connectivity index (χ2n) is 4.38. The molecule has 0 radical (unpaired) electrons. The third kappa shape index (κ3) is 1.26. The Hall–Kier alpha value is -2.36. The minimum atomic E-state index is -0.328. The summed E-state index contributed by atoms with van der Waals surface area (Å²) in [5.41, 5.74) is 2.95. The minimum Gasteiger partial charge on any atom is -0.388 e. The van der Waals surface area contributed by atoms with Crippen LogP contribution in [-0.2, 0) is 0 Å². The van der Waals surface area contributed by atoms with Crippen molar-refractivity contribution >= 4 is 28.3 Å². The Kier molecular flexibility index (Phi) is 2.13. The van der Waals surface area contributed by atoms with Gasteiger partial charge < -0.3 is 5.32 Å². The van der Waals surface area contributed by atoms with Crippen LogP contribution >= 0.6 is 0 Å². The molecule has 0 unspecified atom stereocenters. The molecule has 4 nitrogen and oxygen atoms in total. The van der Waals surface area contributed by atoms with Crippen molar-refractivity contribution in [1.29, 1.82) is 0 Å². The molecule has 0 aromatic heterocycles. The first-order valence-corrected chi connectivity index (χ1v) is 5.73. The van der Waals surface area contributed by atoms with Crippen molar-refractivity contribution in [1.82, 2.24) is 5.32 Å². The molecule has 0 saturated carbocycles. The summed E-state index contributed by atoms with van der Waals surface area (Å²) >= 11 is 0. The number of anilines is 1. The summed E-state index contributed by atoms with van der Waals surface area (Å²) in [6.45, 7) is 1.88. The van der Waals surface area contributed by atoms with Gasteiger partial charge in [-0.2, -0.15) is 0 Å². The first kappa shape index (κ1) is 10.8. The lowest BCUT2D eigenvalue weighted by molar-refractivity contribution is 0.0844.